The van der Waals surface area contributed by atoms with Crippen LogP contribution < -0.4 is 29.7 Å². The second kappa shape index (κ2) is 8.48. The molecule has 0 spiro atoms. The number of nitrogens with zero attached hydrogens (tertiary/aromatic N) is 1. The number of benzene rings is 2. The van der Waals surface area contributed by atoms with Gasteiger partial charge in [-0.1, -0.05) is 12.1 Å². The van der Waals surface area contributed by atoms with Gasteiger partial charge in [0.2, 0.25) is 5.75 Å². The number of ether oxygens (including phenoxy) is 3. The van der Waals surface area contributed by atoms with Crippen molar-refractivity contribution < 1.29 is 46.2 Å². The first-order valence-electron chi connectivity index (χ1n) is 9.11. The Hall–Kier alpha value is -4.03. The molecule has 3 rings (SSSR count). The van der Waals surface area contributed by atoms with Crippen molar-refractivity contribution in [2.24, 2.45) is 0 Å². The zero-order valence-corrected chi connectivity index (χ0v) is 17.4. The van der Waals surface area contributed by atoms with Gasteiger partial charge in [0.05, 0.1) is 27.0 Å². The van der Waals surface area contributed by atoms with E-state index in [9.17, 15) is 31.9 Å². The second-order valence-electron chi connectivity index (χ2n) is 6.64. The molecule has 1 aliphatic heterocycles. The Morgan fingerprint density at radius 3 is 2.09 bits per heavy atom. The Labute approximate surface area is 184 Å². The van der Waals surface area contributed by atoms with Gasteiger partial charge in [-0.15, -0.1) is 0 Å². The van der Waals surface area contributed by atoms with E-state index in [0.717, 1.165) is 24.3 Å². The van der Waals surface area contributed by atoms with Gasteiger partial charge in [0, 0.05) is 5.56 Å². The van der Waals surface area contributed by atoms with E-state index >= 15 is 0 Å². The number of para-hydroxylation sites is 1. The summed E-state index contributed by atoms with van der Waals surface area (Å²) in [6.07, 6.45) is -5.49. The molecule has 176 valence electrons. The minimum atomic E-state index is -5.49. The van der Waals surface area contributed by atoms with Crippen LogP contribution in [-0.4, -0.2) is 51.0 Å². The molecule has 0 aliphatic carbocycles. The lowest BCUT2D eigenvalue weighted by Crippen LogP contribution is -2.69. The third-order valence-corrected chi connectivity index (χ3v) is 4.77. The smallest absolute Gasteiger partial charge is 0.440 e. The number of alkyl halides is 3. The molecule has 0 aromatic heterocycles. The molecule has 13 heteroatoms. The third-order valence-electron chi connectivity index (χ3n) is 4.77. The summed E-state index contributed by atoms with van der Waals surface area (Å²) >= 11 is 0. The van der Waals surface area contributed by atoms with E-state index in [0.29, 0.717) is 0 Å². The van der Waals surface area contributed by atoms with E-state index in [1.54, 1.807) is 0 Å². The van der Waals surface area contributed by atoms with Gasteiger partial charge in [0.15, 0.2) is 11.5 Å². The predicted octanol–water partition coefficient (Wildman–Crippen LogP) is 2.60. The van der Waals surface area contributed by atoms with Crippen molar-refractivity contribution in [2.45, 2.75) is 11.8 Å². The van der Waals surface area contributed by atoms with E-state index in [4.69, 9.17) is 14.2 Å². The normalized spacial score (nSPS) is 18.1. The maximum Gasteiger partial charge on any atom is 0.440 e. The van der Waals surface area contributed by atoms with E-state index in [-0.39, 0.29) is 22.1 Å². The number of nitrogens with one attached hydrogen (secondary N) is 2. The summed E-state index contributed by atoms with van der Waals surface area (Å²) in [4.78, 5) is 37.9. The molecule has 1 atom stereocenters. The van der Waals surface area contributed by atoms with Gasteiger partial charge < -0.3 is 19.5 Å². The highest BCUT2D eigenvalue weighted by atomic mass is 19.4. The molecule has 0 bridgehead atoms. The molecular weight excluding hydrogens is 454 g/mol. The van der Waals surface area contributed by atoms with E-state index < -0.39 is 46.8 Å². The first-order valence-corrected chi connectivity index (χ1v) is 9.11. The molecule has 0 saturated carbocycles. The third kappa shape index (κ3) is 3.85. The lowest BCUT2D eigenvalue weighted by molar-refractivity contribution is -0.197. The van der Waals surface area contributed by atoms with E-state index in [1.165, 1.54) is 44.1 Å². The fourth-order valence-electron chi connectivity index (χ4n) is 3.18. The summed E-state index contributed by atoms with van der Waals surface area (Å²) in [5.74, 6) is -4.48. The number of carbonyl (C=O) groups is 3. The van der Waals surface area contributed by atoms with Crippen LogP contribution in [0.2, 0.25) is 0 Å². The number of hydrogen-bond acceptors (Lipinski definition) is 6. The van der Waals surface area contributed by atoms with Crippen molar-refractivity contribution in [3.63, 3.8) is 0 Å². The number of methoxy groups -OCH3 is 3. The Morgan fingerprint density at radius 2 is 1.61 bits per heavy atom. The average molecular weight is 471 g/mol. The standard InChI is InChI=1S/C20H17F4N3O6/c1-31-13-8-10(9-14(32-2)15(13)33-3)16(28)25-19(20(22,23)24)17(29)27(18(30)26-19)12-7-5-4-6-11(12)21/h4-9H,1-3H3,(H,25,28)(H,26,30)/t19-/m0/s1. The van der Waals surface area contributed by atoms with Gasteiger partial charge in [-0.3, -0.25) is 14.9 Å². The van der Waals surface area contributed by atoms with Gasteiger partial charge in [0.25, 0.3) is 17.5 Å². The van der Waals surface area contributed by atoms with Crippen LogP contribution in [0.1, 0.15) is 10.4 Å². The van der Waals surface area contributed by atoms with Gasteiger partial charge in [-0.2, -0.15) is 13.2 Å². The largest absolute Gasteiger partial charge is 0.493 e. The molecule has 33 heavy (non-hydrogen) atoms. The summed E-state index contributed by atoms with van der Waals surface area (Å²) in [7, 11) is 3.73. The van der Waals surface area contributed by atoms with Crippen LogP contribution in [0.3, 0.4) is 0 Å². The van der Waals surface area contributed by atoms with Crippen LogP contribution in [0, 0.1) is 5.82 Å². The second-order valence-corrected chi connectivity index (χ2v) is 6.64. The zero-order chi connectivity index (χ0) is 24.6. The topological polar surface area (TPSA) is 106 Å². The molecule has 1 fully saturated rings. The van der Waals surface area contributed by atoms with Gasteiger partial charge >= 0.3 is 12.2 Å². The highest BCUT2D eigenvalue weighted by Gasteiger charge is 2.69. The number of rotatable bonds is 6. The molecule has 2 aromatic carbocycles. The molecular formula is C20H17F4N3O6. The Balaban J connectivity index is 2.06. The lowest BCUT2D eigenvalue weighted by Gasteiger charge is -2.30. The monoisotopic (exact) mass is 471 g/mol. The maximum absolute atomic E-state index is 14.1. The number of imide groups is 1. The minimum absolute atomic E-state index is 0.0295. The summed E-state index contributed by atoms with van der Waals surface area (Å²) in [5.41, 5.74) is -4.98. The average Bonchev–Trinajstić information content (AvgIpc) is 3.03. The number of hydrogen-bond donors (Lipinski definition) is 2. The lowest BCUT2D eigenvalue weighted by atomic mass is 10.1. The fraction of sp³-hybridized carbons (Fsp3) is 0.250. The van der Waals surface area contributed by atoms with Crippen LogP contribution in [0.4, 0.5) is 28.0 Å². The van der Waals surface area contributed by atoms with Crippen molar-refractivity contribution in [2.75, 3.05) is 26.2 Å². The number of carbonyl (C=O) groups excluding carboxylic acids is 3. The van der Waals surface area contributed by atoms with Crippen LogP contribution in [-0.2, 0) is 4.79 Å². The highest BCUT2D eigenvalue weighted by Crippen LogP contribution is 2.40. The van der Waals surface area contributed by atoms with Crippen LogP contribution in [0.15, 0.2) is 36.4 Å². The van der Waals surface area contributed by atoms with Gasteiger partial charge in [0.1, 0.15) is 5.82 Å². The quantitative estimate of drug-likeness (QED) is 0.496. The molecule has 1 saturated heterocycles. The van der Waals surface area contributed by atoms with Crippen molar-refractivity contribution in [1.29, 1.82) is 0 Å². The van der Waals surface area contributed by atoms with Gasteiger partial charge in [-0.25, -0.2) is 14.1 Å². The van der Waals surface area contributed by atoms with Crippen molar-refractivity contribution >= 4 is 23.5 Å². The van der Waals surface area contributed by atoms with Crippen molar-refractivity contribution in [1.82, 2.24) is 10.6 Å². The van der Waals surface area contributed by atoms with Crippen LogP contribution in [0.5, 0.6) is 17.2 Å². The number of urea groups is 1. The van der Waals surface area contributed by atoms with Crippen molar-refractivity contribution in [3.05, 3.63) is 47.8 Å². The van der Waals surface area contributed by atoms with Crippen LogP contribution >= 0.6 is 0 Å². The molecule has 2 aromatic rings. The number of anilines is 1. The van der Waals surface area contributed by atoms with E-state index in [2.05, 4.69) is 0 Å². The maximum atomic E-state index is 14.1. The number of amides is 4. The summed E-state index contributed by atoms with van der Waals surface area (Å²) in [6.45, 7) is 0. The number of halogens is 4. The molecule has 1 aliphatic rings. The SMILES string of the molecule is COc1cc(C(=O)N[C@]2(C(F)(F)F)NC(=O)N(c3ccccc3F)C2=O)cc(OC)c1OC. The highest BCUT2D eigenvalue weighted by molar-refractivity contribution is 6.24. The van der Waals surface area contributed by atoms with Crippen LogP contribution in [0.25, 0.3) is 0 Å². The van der Waals surface area contributed by atoms with Gasteiger partial charge in [-0.05, 0) is 24.3 Å². The fourth-order valence-corrected chi connectivity index (χ4v) is 3.18. The predicted molar refractivity (Wildman–Crippen MR) is 105 cm³/mol. The Bertz CT molecular complexity index is 1100. The summed E-state index contributed by atoms with van der Waals surface area (Å²) in [6, 6.07) is 4.78. The Morgan fingerprint density at radius 1 is 1.03 bits per heavy atom. The van der Waals surface area contributed by atoms with E-state index in [1.807, 2.05) is 0 Å². The zero-order valence-electron chi connectivity index (χ0n) is 17.4. The molecule has 9 nitrogen and oxygen atoms in total. The minimum Gasteiger partial charge on any atom is -0.493 e. The summed E-state index contributed by atoms with van der Waals surface area (Å²) in [5, 5.41) is 2.97. The molecule has 0 unspecified atom stereocenters. The molecule has 4 amide bonds. The summed E-state index contributed by atoms with van der Waals surface area (Å²) < 4.78 is 71.6. The molecule has 1 heterocycles. The van der Waals surface area contributed by atoms with Crippen molar-refractivity contribution in [3.8, 4) is 17.2 Å². The Kier molecular flexibility index (Phi) is 6.07. The first-order chi connectivity index (χ1) is 15.5. The molecule has 2 N–H and O–H groups in total. The first kappa shape index (κ1) is 23.6. The molecule has 0 radical (unpaired) electrons.